The molecule has 1 aromatic heterocycles. The zero-order valence-electron chi connectivity index (χ0n) is 16.1. The first kappa shape index (κ1) is 19.1. The number of amides is 3. The summed E-state index contributed by atoms with van der Waals surface area (Å²) >= 11 is 0. The van der Waals surface area contributed by atoms with E-state index in [2.05, 4.69) is 4.98 Å². The van der Waals surface area contributed by atoms with Gasteiger partial charge in [-0.15, -0.1) is 0 Å². The molecule has 1 aromatic carbocycles. The Morgan fingerprint density at radius 3 is 2.10 bits per heavy atom. The van der Waals surface area contributed by atoms with Gasteiger partial charge in [-0.25, -0.2) is 4.98 Å². The maximum atomic E-state index is 12.8. The number of benzene rings is 1. The van der Waals surface area contributed by atoms with Crippen molar-refractivity contribution >= 4 is 28.8 Å². The van der Waals surface area contributed by atoms with E-state index in [1.165, 1.54) is 15.7 Å². The molecule has 2 aliphatic rings. The van der Waals surface area contributed by atoms with Gasteiger partial charge in [0.25, 0.3) is 5.56 Å². The van der Waals surface area contributed by atoms with Crippen molar-refractivity contribution in [2.24, 2.45) is 0 Å². The van der Waals surface area contributed by atoms with Gasteiger partial charge in [0.2, 0.25) is 5.91 Å². The second kappa shape index (κ2) is 8.02. The van der Waals surface area contributed by atoms with Crippen LogP contribution in [0.25, 0.3) is 11.0 Å². The number of carbonyl (C=O) groups excluding carboxylic acids is 3. The molecule has 4 rings (SSSR count). The first-order chi connectivity index (χ1) is 14.0. The number of hydrogen-bond donors (Lipinski definition) is 0. The molecule has 0 unspecified atom stereocenters. The summed E-state index contributed by atoms with van der Waals surface area (Å²) in [6.07, 6.45) is 3.09. The van der Waals surface area contributed by atoms with Crippen molar-refractivity contribution in [3.05, 3.63) is 40.8 Å². The second-order valence-electron chi connectivity index (χ2n) is 7.34. The zero-order chi connectivity index (χ0) is 20.4. The lowest BCUT2D eigenvalue weighted by atomic mass is 10.2. The number of piperazine rings is 1. The Kier molecular flexibility index (Phi) is 5.28. The van der Waals surface area contributed by atoms with Crippen LogP contribution in [-0.2, 0) is 20.9 Å². The standard InChI is InChI=1S/C20H23N5O4/c26-17-13-21-15-5-1-2-6-16(15)25(17)14-18(27)22-9-11-24(12-10-22)20(29)19(28)23-7-3-4-8-23/h1-2,5-6,13H,3-4,7-12,14H2. The highest BCUT2D eigenvalue weighted by Gasteiger charge is 2.31. The normalized spacial score (nSPS) is 17.0. The first-order valence-electron chi connectivity index (χ1n) is 9.85. The molecular weight excluding hydrogens is 374 g/mol. The molecule has 0 atom stereocenters. The number of rotatable bonds is 2. The Hall–Kier alpha value is -3.23. The number of hydrogen-bond acceptors (Lipinski definition) is 5. The minimum Gasteiger partial charge on any atom is -0.338 e. The van der Waals surface area contributed by atoms with Crippen LogP contribution < -0.4 is 5.56 Å². The third kappa shape index (κ3) is 3.85. The highest BCUT2D eigenvalue weighted by Crippen LogP contribution is 2.12. The minimum atomic E-state index is -0.490. The zero-order valence-corrected chi connectivity index (χ0v) is 16.1. The Balaban J connectivity index is 1.39. The lowest BCUT2D eigenvalue weighted by Gasteiger charge is -2.35. The van der Waals surface area contributed by atoms with Crippen molar-refractivity contribution < 1.29 is 14.4 Å². The van der Waals surface area contributed by atoms with E-state index in [1.54, 1.807) is 28.0 Å². The molecule has 9 heteroatoms. The van der Waals surface area contributed by atoms with Gasteiger partial charge in [0.15, 0.2) is 0 Å². The highest BCUT2D eigenvalue weighted by molar-refractivity contribution is 6.35. The van der Waals surface area contributed by atoms with Gasteiger partial charge in [0, 0.05) is 39.3 Å². The molecule has 3 amide bonds. The quantitative estimate of drug-likeness (QED) is 0.648. The Bertz CT molecular complexity index is 1000. The summed E-state index contributed by atoms with van der Waals surface area (Å²) in [7, 11) is 0. The third-order valence-corrected chi connectivity index (χ3v) is 5.54. The van der Waals surface area contributed by atoms with E-state index in [-0.39, 0.29) is 18.0 Å². The molecule has 0 N–H and O–H groups in total. The van der Waals surface area contributed by atoms with Gasteiger partial charge in [0.1, 0.15) is 6.54 Å². The fraction of sp³-hybridized carbons (Fsp3) is 0.450. The van der Waals surface area contributed by atoms with E-state index in [0.717, 1.165) is 12.8 Å². The average molecular weight is 397 g/mol. The molecule has 9 nitrogen and oxygen atoms in total. The number of fused-ring (bicyclic) bond motifs is 1. The van der Waals surface area contributed by atoms with Crippen LogP contribution >= 0.6 is 0 Å². The molecular formula is C20H23N5O4. The molecule has 0 radical (unpaired) electrons. The van der Waals surface area contributed by atoms with Crippen LogP contribution in [-0.4, -0.2) is 81.2 Å². The first-order valence-corrected chi connectivity index (χ1v) is 9.85. The van der Waals surface area contributed by atoms with Crippen LogP contribution in [0.3, 0.4) is 0 Å². The highest BCUT2D eigenvalue weighted by atomic mass is 16.2. The summed E-state index contributed by atoms with van der Waals surface area (Å²) in [5.74, 6) is -1.13. The molecule has 3 heterocycles. The second-order valence-corrected chi connectivity index (χ2v) is 7.34. The summed E-state index contributed by atoms with van der Waals surface area (Å²) in [6.45, 7) is 2.51. The van der Waals surface area contributed by atoms with Gasteiger partial charge in [-0.05, 0) is 25.0 Å². The summed E-state index contributed by atoms with van der Waals surface area (Å²) in [6, 6.07) is 7.17. The van der Waals surface area contributed by atoms with E-state index in [1.807, 2.05) is 6.07 Å². The topological polar surface area (TPSA) is 95.8 Å². The van der Waals surface area contributed by atoms with Crippen molar-refractivity contribution in [3.8, 4) is 0 Å². The molecule has 0 aliphatic carbocycles. The van der Waals surface area contributed by atoms with Crippen LogP contribution in [0.15, 0.2) is 35.3 Å². The fourth-order valence-corrected chi connectivity index (χ4v) is 3.86. The molecule has 0 saturated carbocycles. The molecule has 2 fully saturated rings. The van der Waals surface area contributed by atoms with Crippen LogP contribution in [0, 0.1) is 0 Å². The number of aromatic nitrogens is 2. The number of carbonyl (C=O) groups is 3. The third-order valence-electron chi connectivity index (χ3n) is 5.54. The minimum absolute atomic E-state index is 0.0808. The molecule has 2 aromatic rings. The average Bonchev–Trinajstić information content (AvgIpc) is 3.29. The lowest BCUT2D eigenvalue weighted by molar-refractivity contribution is -0.153. The monoisotopic (exact) mass is 397 g/mol. The van der Waals surface area contributed by atoms with Gasteiger partial charge in [-0.3, -0.25) is 23.7 Å². The number of para-hydroxylation sites is 2. The number of likely N-dealkylation sites (tertiary alicyclic amines) is 1. The SMILES string of the molecule is O=C(Cn1c(=O)cnc2ccccc21)N1CCN(C(=O)C(=O)N2CCCC2)CC1. The summed E-state index contributed by atoms with van der Waals surface area (Å²) < 4.78 is 1.42. The van der Waals surface area contributed by atoms with E-state index in [9.17, 15) is 19.2 Å². The molecule has 152 valence electrons. The van der Waals surface area contributed by atoms with E-state index < -0.39 is 11.8 Å². The van der Waals surface area contributed by atoms with Crippen molar-refractivity contribution in [1.82, 2.24) is 24.3 Å². The van der Waals surface area contributed by atoms with Crippen molar-refractivity contribution in [1.29, 1.82) is 0 Å². The Morgan fingerprint density at radius 2 is 1.41 bits per heavy atom. The van der Waals surface area contributed by atoms with Crippen molar-refractivity contribution in [2.75, 3.05) is 39.3 Å². The number of nitrogens with zero attached hydrogens (tertiary/aromatic N) is 5. The van der Waals surface area contributed by atoms with Crippen LogP contribution in [0.5, 0.6) is 0 Å². The van der Waals surface area contributed by atoms with Gasteiger partial charge in [0.05, 0.1) is 17.2 Å². The maximum Gasteiger partial charge on any atom is 0.312 e. The largest absolute Gasteiger partial charge is 0.338 e. The predicted octanol–water partition coefficient (Wildman–Crippen LogP) is -0.310. The Morgan fingerprint density at radius 1 is 0.828 bits per heavy atom. The molecule has 2 saturated heterocycles. The van der Waals surface area contributed by atoms with Gasteiger partial charge < -0.3 is 14.7 Å². The van der Waals surface area contributed by atoms with E-state index in [4.69, 9.17) is 0 Å². The van der Waals surface area contributed by atoms with Crippen LogP contribution in [0.2, 0.25) is 0 Å². The van der Waals surface area contributed by atoms with E-state index in [0.29, 0.717) is 50.3 Å². The molecule has 2 aliphatic heterocycles. The van der Waals surface area contributed by atoms with Crippen LogP contribution in [0.1, 0.15) is 12.8 Å². The van der Waals surface area contributed by atoms with Gasteiger partial charge >= 0.3 is 11.8 Å². The summed E-state index contributed by atoms with van der Waals surface area (Å²) in [4.78, 5) is 58.5. The van der Waals surface area contributed by atoms with Crippen molar-refractivity contribution in [2.45, 2.75) is 19.4 Å². The fourth-order valence-electron chi connectivity index (χ4n) is 3.86. The molecule has 0 bridgehead atoms. The van der Waals surface area contributed by atoms with Gasteiger partial charge in [-0.1, -0.05) is 12.1 Å². The summed E-state index contributed by atoms with van der Waals surface area (Å²) in [5, 5.41) is 0. The molecule has 29 heavy (non-hydrogen) atoms. The van der Waals surface area contributed by atoms with Crippen molar-refractivity contribution in [3.63, 3.8) is 0 Å². The predicted molar refractivity (Wildman–Crippen MR) is 105 cm³/mol. The lowest BCUT2D eigenvalue weighted by Crippen LogP contribution is -2.54. The smallest absolute Gasteiger partial charge is 0.312 e. The van der Waals surface area contributed by atoms with Gasteiger partial charge in [-0.2, -0.15) is 0 Å². The maximum absolute atomic E-state index is 12.8. The molecule has 0 spiro atoms. The van der Waals surface area contributed by atoms with Crippen LogP contribution in [0.4, 0.5) is 0 Å². The Labute approximate surface area is 167 Å². The summed E-state index contributed by atoms with van der Waals surface area (Å²) in [5.41, 5.74) is 0.927. The van der Waals surface area contributed by atoms with E-state index >= 15 is 0 Å².